The van der Waals surface area contributed by atoms with Crippen molar-refractivity contribution in [2.75, 3.05) is 0 Å². The normalized spacial score (nSPS) is 10.3. The Kier molecular flexibility index (Phi) is 4.80. The molecule has 0 aliphatic rings. The molecule has 0 aliphatic heterocycles. The Morgan fingerprint density at radius 3 is 2.85 bits per heavy atom. The molecule has 0 fully saturated rings. The van der Waals surface area contributed by atoms with Gasteiger partial charge in [-0.05, 0) is 47.5 Å². The maximum atomic E-state index is 8.88. The molecule has 0 radical (unpaired) electrons. The number of halogens is 1. The van der Waals surface area contributed by atoms with Gasteiger partial charge in [0.15, 0.2) is 0 Å². The fourth-order valence-electron chi connectivity index (χ4n) is 1.96. The molecule has 1 aromatic carbocycles. The van der Waals surface area contributed by atoms with Crippen LogP contribution in [-0.2, 0) is 19.6 Å². The van der Waals surface area contributed by atoms with E-state index in [1.165, 1.54) is 0 Å². The lowest BCUT2D eigenvalue weighted by Gasteiger charge is -2.08. The number of aromatic nitrogens is 2. The van der Waals surface area contributed by atoms with Gasteiger partial charge >= 0.3 is 0 Å². The van der Waals surface area contributed by atoms with Gasteiger partial charge in [-0.3, -0.25) is 4.68 Å². The summed E-state index contributed by atoms with van der Waals surface area (Å²) in [5.41, 5.74) is 2.66. The first-order valence-corrected chi connectivity index (χ1v) is 7.35. The SMILES string of the molecule is CCc1nn(CC)c(COc2cccc(C#N)c2)c1Br. The molecule has 20 heavy (non-hydrogen) atoms. The molecule has 0 amide bonds. The smallest absolute Gasteiger partial charge is 0.131 e. The zero-order valence-electron chi connectivity index (χ0n) is 11.6. The minimum Gasteiger partial charge on any atom is -0.487 e. The van der Waals surface area contributed by atoms with Crippen LogP contribution in [0.15, 0.2) is 28.7 Å². The molecule has 104 valence electrons. The molecule has 1 aromatic heterocycles. The molecule has 0 N–H and O–H groups in total. The van der Waals surface area contributed by atoms with E-state index < -0.39 is 0 Å². The van der Waals surface area contributed by atoms with Crippen LogP contribution in [-0.4, -0.2) is 9.78 Å². The van der Waals surface area contributed by atoms with E-state index in [2.05, 4.69) is 40.9 Å². The molecule has 2 rings (SSSR count). The van der Waals surface area contributed by atoms with Crippen LogP contribution in [0, 0.1) is 11.3 Å². The number of hydrogen-bond donors (Lipinski definition) is 0. The number of benzene rings is 1. The van der Waals surface area contributed by atoms with Crippen LogP contribution in [0.5, 0.6) is 5.75 Å². The Morgan fingerprint density at radius 1 is 1.40 bits per heavy atom. The van der Waals surface area contributed by atoms with Gasteiger partial charge in [-0.15, -0.1) is 0 Å². The van der Waals surface area contributed by atoms with Crippen LogP contribution in [0.2, 0.25) is 0 Å². The zero-order chi connectivity index (χ0) is 14.5. The second-order valence-corrected chi connectivity index (χ2v) is 5.10. The van der Waals surface area contributed by atoms with Crippen molar-refractivity contribution in [2.45, 2.75) is 33.4 Å². The highest BCUT2D eigenvalue weighted by Gasteiger charge is 2.14. The predicted octanol–water partition coefficient (Wildman–Crippen LogP) is 3.68. The summed E-state index contributed by atoms with van der Waals surface area (Å²) in [6.07, 6.45) is 0.879. The summed E-state index contributed by atoms with van der Waals surface area (Å²) in [5.74, 6) is 0.692. The lowest BCUT2D eigenvalue weighted by molar-refractivity contribution is 0.291. The van der Waals surface area contributed by atoms with Gasteiger partial charge < -0.3 is 4.74 Å². The summed E-state index contributed by atoms with van der Waals surface area (Å²) < 4.78 is 8.73. The van der Waals surface area contributed by atoms with E-state index in [1.54, 1.807) is 12.1 Å². The highest BCUT2D eigenvalue weighted by Crippen LogP contribution is 2.24. The first-order valence-electron chi connectivity index (χ1n) is 6.56. The van der Waals surface area contributed by atoms with Crippen molar-refractivity contribution in [3.05, 3.63) is 45.7 Å². The Balaban J connectivity index is 2.18. The highest BCUT2D eigenvalue weighted by molar-refractivity contribution is 9.10. The van der Waals surface area contributed by atoms with Gasteiger partial charge in [0.2, 0.25) is 0 Å². The zero-order valence-corrected chi connectivity index (χ0v) is 13.1. The third-order valence-electron chi connectivity index (χ3n) is 3.03. The third-order valence-corrected chi connectivity index (χ3v) is 3.95. The second kappa shape index (κ2) is 6.58. The average Bonchev–Trinajstić information content (AvgIpc) is 2.81. The quantitative estimate of drug-likeness (QED) is 0.838. The number of ether oxygens (including phenoxy) is 1. The Labute approximate surface area is 127 Å². The minimum atomic E-state index is 0.427. The first-order chi connectivity index (χ1) is 9.69. The van der Waals surface area contributed by atoms with E-state index >= 15 is 0 Å². The largest absolute Gasteiger partial charge is 0.487 e. The van der Waals surface area contributed by atoms with Gasteiger partial charge in [0.25, 0.3) is 0 Å². The summed E-state index contributed by atoms with van der Waals surface area (Å²) in [6.45, 7) is 5.36. The van der Waals surface area contributed by atoms with Crippen LogP contribution < -0.4 is 4.74 Å². The standard InChI is InChI=1S/C15H16BrN3O/c1-3-13-15(16)14(19(4-2)18-13)10-20-12-7-5-6-11(8-12)9-17/h5-8H,3-4,10H2,1-2H3. The molecular formula is C15H16BrN3O. The molecule has 0 saturated carbocycles. The third kappa shape index (κ3) is 3.02. The molecular weight excluding hydrogens is 318 g/mol. The van der Waals surface area contributed by atoms with E-state index in [4.69, 9.17) is 10.00 Å². The maximum absolute atomic E-state index is 8.88. The van der Waals surface area contributed by atoms with E-state index in [0.29, 0.717) is 17.9 Å². The fourth-order valence-corrected chi connectivity index (χ4v) is 2.64. The van der Waals surface area contributed by atoms with Crippen molar-refractivity contribution in [1.82, 2.24) is 9.78 Å². The number of nitriles is 1. The van der Waals surface area contributed by atoms with E-state index in [-0.39, 0.29) is 0 Å². The highest BCUT2D eigenvalue weighted by atomic mass is 79.9. The van der Waals surface area contributed by atoms with Crippen molar-refractivity contribution in [1.29, 1.82) is 5.26 Å². The summed E-state index contributed by atoms with van der Waals surface area (Å²) >= 11 is 3.59. The summed E-state index contributed by atoms with van der Waals surface area (Å²) in [7, 11) is 0. The molecule has 0 bridgehead atoms. The molecule has 0 saturated heterocycles. The number of nitrogens with zero attached hydrogens (tertiary/aromatic N) is 3. The summed E-state index contributed by atoms with van der Waals surface area (Å²) in [5, 5.41) is 13.4. The van der Waals surface area contributed by atoms with Crippen molar-refractivity contribution in [3.63, 3.8) is 0 Å². The maximum Gasteiger partial charge on any atom is 0.131 e. The van der Waals surface area contributed by atoms with Crippen LogP contribution in [0.25, 0.3) is 0 Å². The molecule has 0 aliphatic carbocycles. The lowest BCUT2D eigenvalue weighted by atomic mass is 10.2. The lowest BCUT2D eigenvalue weighted by Crippen LogP contribution is -2.06. The van der Waals surface area contributed by atoms with Crippen LogP contribution in [0.3, 0.4) is 0 Å². The van der Waals surface area contributed by atoms with Gasteiger partial charge in [0.1, 0.15) is 12.4 Å². The molecule has 0 spiro atoms. The molecule has 1 heterocycles. The Hall–Kier alpha value is -1.80. The van der Waals surface area contributed by atoms with Crippen LogP contribution in [0.1, 0.15) is 30.8 Å². The van der Waals surface area contributed by atoms with Crippen molar-refractivity contribution < 1.29 is 4.74 Å². The topological polar surface area (TPSA) is 50.8 Å². The van der Waals surface area contributed by atoms with Gasteiger partial charge in [0, 0.05) is 6.54 Å². The molecule has 4 nitrogen and oxygen atoms in total. The van der Waals surface area contributed by atoms with Gasteiger partial charge in [-0.2, -0.15) is 10.4 Å². The van der Waals surface area contributed by atoms with Crippen LogP contribution >= 0.6 is 15.9 Å². The van der Waals surface area contributed by atoms with E-state index in [9.17, 15) is 0 Å². The monoisotopic (exact) mass is 333 g/mol. The number of hydrogen-bond acceptors (Lipinski definition) is 3. The minimum absolute atomic E-state index is 0.427. The average molecular weight is 334 g/mol. The van der Waals surface area contributed by atoms with E-state index in [0.717, 1.165) is 28.8 Å². The number of rotatable bonds is 5. The summed E-state index contributed by atoms with van der Waals surface area (Å²) in [4.78, 5) is 0. The summed E-state index contributed by atoms with van der Waals surface area (Å²) in [6, 6.07) is 9.27. The van der Waals surface area contributed by atoms with Crippen molar-refractivity contribution in [3.8, 4) is 11.8 Å². The van der Waals surface area contributed by atoms with Crippen LogP contribution in [0.4, 0.5) is 0 Å². The van der Waals surface area contributed by atoms with Crippen molar-refractivity contribution in [2.24, 2.45) is 0 Å². The van der Waals surface area contributed by atoms with Gasteiger partial charge in [0.05, 0.1) is 27.5 Å². The fraction of sp³-hybridized carbons (Fsp3) is 0.333. The molecule has 0 atom stereocenters. The Morgan fingerprint density at radius 2 is 2.20 bits per heavy atom. The first kappa shape index (κ1) is 14.6. The van der Waals surface area contributed by atoms with E-state index in [1.807, 2.05) is 16.8 Å². The molecule has 0 unspecified atom stereocenters. The number of aryl methyl sites for hydroxylation is 2. The predicted molar refractivity (Wildman–Crippen MR) is 80.5 cm³/mol. The van der Waals surface area contributed by atoms with Gasteiger partial charge in [-0.1, -0.05) is 13.0 Å². The Bertz CT molecular complexity index is 643. The van der Waals surface area contributed by atoms with Crippen molar-refractivity contribution >= 4 is 15.9 Å². The molecule has 2 aromatic rings. The second-order valence-electron chi connectivity index (χ2n) is 4.30. The van der Waals surface area contributed by atoms with Gasteiger partial charge in [-0.25, -0.2) is 0 Å². The molecule has 5 heteroatoms.